The van der Waals surface area contributed by atoms with Crippen molar-refractivity contribution in [3.05, 3.63) is 86.7 Å². The second-order valence-corrected chi connectivity index (χ2v) is 7.97. The van der Waals surface area contributed by atoms with Crippen LogP contribution in [0.2, 0.25) is 5.02 Å². The largest absolute Gasteiger partial charge is 0.508 e. The Morgan fingerprint density at radius 2 is 1.83 bits per heavy atom. The first-order chi connectivity index (χ1) is 14.3. The molecule has 0 saturated heterocycles. The smallest absolute Gasteiger partial charge is 0.338 e. The van der Waals surface area contributed by atoms with Crippen molar-refractivity contribution in [1.29, 1.82) is 0 Å². The van der Waals surface area contributed by atoms with Crippen molar-refractivity contribution < 1.29 is 19.8 Å². The molecule has 1 amide bonds. The van der Waals surface area contributed by atoms with E-state index in [2.05, 4.69) is 0 Å². The average molecular weight is 443 g/mol. The van der Waals surface area contributed by atoms with E-state index in [1.165, 1.54) is 6.07 Å². The van der Waals surface area contributed by atoms with E-state index in [0.29, 0.717) is 28.2 Å². The Labute approximate surface area is 181 Å². The number of carboxylic acid groups (broad SMARTS) is 1. The topological polar surface area (TPSA) is 106 Å². The van der Waals surface area contributed by atoms with Crippen molar-refractivity contribution in [2.45, 2.75) is 13.5 Å². The van der Waals surface area contributed by atoms with Crippen LogP contribution in [0.15, 0.2) is 60.0 Å². The number of carbonyl (C=O) groups is 2. The first kappa shape index (κ1) is 21.4. The van der Waals surface area contributed by atoms with Crippen molar-refractivity contribution in [1.82, 2.24) is 4.57 Å². The lowest BCUT2D eigenvalue weighted by Crippen LogP contribution is -2.10. The molecule has 0 aliphatic rings. The van der Waals surface area contributed by atoms with Crippen molar-refractivity contribution in [2.24, 2.45) is 5.73 Å². The number of nitrogens with zero attached hydrogens (tertiary/aromatic N) is 1. The molecule has 8 heteroatoms. The predicted molar refractivity (Wildman–Crippen MR) is 119 cm³/mol. The van der Waals surface area contributed by atoms with Gasteiger partial charge in [0.05, 0.1) is 12.1 Å². The van der Waals surface area contributed by atoms with Gasteiger partial charge in [-0.25, -0.2) is 4.79 Å². The van der Waals surface area contributed by atoms with Crippen LogP contribution in [0.3, 0.4) is 0 Å². The van der Waals surface area contributed by atoms with E-state index in [-0.39, 0.29) is 11.3 Å². The predicted octanol–water partition coefficient (Wildman–Crippen LogP) is 4.90. The molecule has 0 aliphatic heterocycles. The number of halogens is 1. The molecule has 0 spiro atoms. The Morgan fingerprint density at radius 3 is 2.40 bits per heavy atom. The van der Waals surface area contributed by atoms with Gasteiger partial charge in [0.25, 0.3) is 0 Å². The van der Waals surface area contributed by atoms with Crippen LogP contribution in [0, 0.1) is 6.92 Å². The number of aromatic hydroxyl groups is 1. The number of phenolic OH excluding ortho intramolecular Hbond substituents is 1. The van der Waals surface area contributed by atoms with Crippen molar-refractivity contribution in [3.63, 3.8) is 0 Å². The van der Waals surface area contributed by atoms with Crippen molar-refractivity contribution >= 4 is 45.7 Å². The molecule has 0 radical (unpaired) electrons. The van der Waals surface area contributed by atoms with E-state index in [1.807, 2.05) is 22.1 Å². The lowest BCUT2D eigenvalue weighted by atomic mass is 10.1. The molecule has 154 valence electrons. The summed E-state index contributed by atoms with van der Waals surface area (Å²) in [4.78, 5) is 23.1. The van der Waals surface area contributed by atoms with Crippen molar-refractivity contribution in [3.8, 4) is 5.75 Å². The number of carboxylic acids is 1. The Morgan fingerprint density at radius 1 is 1.13 bits per heavy atom. The molecule has 4 aromatic rings. The highest BCUT2D eigenvalue weighted by Gasteiger charge is 2.19. The minimum Gasteiger partial charge on any atom is -0.508 e. The first-order valence-electron chi connectivity index (χ1n) is 8.90. The van der Waals surface area contributed by atoms with Crippen LogP contribution in [-0.4, -0.2) is 26.7 Å². The van der Waals surface area contributed by atoms with Crippen LogP contribution in [-0.2, 0) is 6.54 Å². The SMILES string of the molecule is Cc1c(C(=O)O)c2cc(O)ccc2n1Cc1cccs1.NC(=O)c1ccc(Cl)cc1. The van der Waals surface area contributed by atoms with Gasteiger partial charge in [-0.1, -0.05) is 17.7 Å². The fourth-order valence-electron chi connectivity index (χ4n) is 3.12. The quantitative estimate of drug-likeness (QED) is 0.417. The molecular weight excluding hydrogens is 424 g/mol. The number of nitrogens with two attached hydrogens (primary N) is 1. The summed E-state index contributed by atoms with van der Waals surface area (Å²) in [6, 6.07) is 15.3. The van der Waals surface area contributed by atoms with Crippen LogP contribution in [0.4, 0.5) is 0 Å². The molecule has 4 N–H and O–H groups in total. The molecule has 2 aromatic carbocycles. The van der Waals surface area contributed by atoms with Crippen LogP contribution in [0.1, 0.15) is 31.3 Å². The van der Waals surface area contributed by atoms with Crippen LogP contribution in [0.25, 0.3) is 10.9 Å². The third-order valence-corrected chi connectivity index (χ3v) is 5.66. The molecule has 0 bridgehead atoms. The minimum atomic E-state index is -0.969. The summed E-state index contributed by atoms with van der Waals surface area (Å²) >= 11 is 7.20. The van der Waals surface area contributed by atoms with Gasteiger partial charge in [0.2, 0.25) is 5.91 Å². The van der Waals surface area contributed by atoms with Gasteiger partial charge >= 0.3 is 5.97 Å². The third-order valence-electron chi connectivity index (χ3n) is 4.54. The first-order valence-corrected chi connectivity index (χ1v) is 10.2. The maximum Gasteiger partial charge on any atom is 0.338 e. The molecule has 4 rings (SSSR count). The number of thiophene rings is 1. The molecule has 0 atom stereocenters. The molecule has 0 saturated carbocycles. The number of aromatic nitrogens is 1. The van der Waals surface area contributed by atoms with Gasteiger partial charge in [-0.15, -0.1) is 11.3 Å². The van der Waals surface area contributed by atoms with Gasteiger partial charge in [-0.05, 0) is 60.8 Å². The Kier molecular flexibility index (Phi) is 6.44. The zero-order chi connectivity index (χ0) is 21.8. The lowest BCUT2D eigenvalue weighted by molar-refractivity contribution is 0.0697. The van der Waals surface area contributed by atoms with Crippen LogP contribution < -0.4 is 5.73 Å². The maximum atomic E-state index is 11.5. The highest BCUT2D eigenvalue weighted by atomic mass is 35.5. The number of hydrogen-bond donors (Lipinski definition) is 3. The van der Waals surface area contributed by atoms with Gasteiger partial charge in [-0.2, -0.15) is 0 Å². The van der Waals surface area contributed by atoms with E-state index in [1.54, 1.807) is 54.7 Å². The van der Waals surface area contributed by atoms with Crippen LogP contribution >= 0.6 is 22.9 Å². The molecular formula is C22H19ClN2O4S. The molecule has 0 unspecified atom stereocenters. The Hall–Kier alpha value is -3.29. The summed E-state index contributed by atoms with van der Waals surface area (Å²) in [5.74, 6) is -1.33. The number of phenols is 1. The van der Waals surface area contributed by atoms with E-state index in [0.717, 1.165) is 10.4 Å². The zero-order valence-electron chi connectivity index (χ0n) is 16.0. The van der Waals surface area contributed by atoms with Gasteiger partial charge in [0, 0.05) is 32.1 Å². The van der Waals surface area contributed by atoms with E-state index in [9.17, 15) is 19.8 Å². The molecule has 0 fully saturated rings. The van der Waals surface area contributed by atoms with Gasteiger partial charge in [-0.3, -0.25) is 4.79 Å². The number of hydrogen-bond acceptors (Lipinski definition) is 4. The second kappa shape index (κ2) is 9.02. The molecule has 30 heavy (non-hydrogen) atoms. The fourth-order valence-corrected chi connectivity index (χ4v) is 3.94. The molecule has 2 heterocycles. The number of benzene rings is 2. The van der Waals surface area contributed by atoms with Gasteiger partial charge < -0.3 is 20.5 Å². The number of rotatable bonds is 4. The number of aromatic carboxylic acids is 1. The van der Waals surface area contributed by atoms with Gasteiger partial charge in [0.15, 0.2) is 0 Å². The summed E-state index contributed by atoms with van der Waals surface area (Å²) in [5.41, 5.74) is 7.24. The molecule has 2 aromatic heterocycles. The molecule has 6 nitrogen and oxygen atoms in total. The highest BCUT2D eigenvalue weighted by Crippen LogP contribution is 2.30. The van der Waals surface area contributed by atoms with Crippen LogP contribution in [0.5, 0.6) is 5.75 Å². The number of carbonyl (C=O) groups excluding carboxylic acids is 1. The number of primary amides is 1. The normalized spacial score (nSPS) is 10.5. The highest BCUT2D eigenvalue weighted by molar-refractivity contribution is 7.09. The Balaban J connectivity index is 0.000000216. The fraction of sp³-hybridized carbons (Fsp3) is 0.0909. The number of amides is 1. The summed E-state index contributed by atoms with van der Waals surface area (Å²) in [7, 11) is 0. The number of fused-ring (bicyclic) bond motifs is 1. The summed E-state index contributed by atoms with van der Waals surface area (Å²) in [6.07, 6.45) is 0. The summed E-state index contributed by atoms with van der Waals surface area (Å²) in [5, 5.41) is 22.2. The van der Waals surface area contributed by atoms with Gasteiger partial charge in [0.1, 0.15) is 5.75 Å². The minimum absolute atomic E-state index is 0.0771. The summed E-state index contributed by atoms with van der Waals surface area (Å²) < 4.78 is 1.98. The zero-order valence-corrected chi connectivity index (χ0v) is 17.6. The Bertz CT molecular complexity index is 1200. The third kappa shape index (κ3) is 4.64. The van der Waals surface area contributed by atoms with E-state index >= 15 is 0 Å². The monoisotopic (exact) mass is 442 g/mol. The molecule has 0 aliphatic carbocycles. The average Bonchev–Trinajstić information content (AvgIpc) is 3.29. The van der Waals surface area contributed by atoms with E-state index < -0.39 is 11.9 Å². The lowest BCUT2D eigenvalue weighted by Gasteiger charge is -2.06. The standard InChI is InChI=1S/C15H13NO3S.C7H6ClNO/c1-9-14(15(18)19)12-7-10(17)4-5-13(12)16(9)8-11-3-2-6-20-11;8-6-3-1-5(2-4-6)7(9)10/h2-7,17H,8H2,1H3,(H,18,19);1-4H,(H2,9,10). The van der Waals surface area contributed by atoms with E-state index in [4.69, 9.17) is 17.3 Å². The maximum absolute atomic E-state index is 11.5. The van der Waals surface area contributed by atoms with Crippen molar-refractivity contribution in [2.75, 3.05) is 0 Å². The summed E-state index contributed by atoms with van der Waals surface area (Å²) in [6.45, 7) is 2.44. The second-order valence-electron chi connectivity index (χ2n) is 6.50.